The Morgan fingerprint density at radius 3 is 2.41 bits per heavy atom. The van der Waals surface area contributed by atoms with E-state index in [1.807, 2.05) is 11.8 Å². The third-order valence-electron chi connectivity index (χ3n) is 3.02. The number of nitrogens with two attached hydrogens (primary N) is 1. The summed E-state index contributed by atoms with van der Waals surface area (Å²) in [4.78, 5) is 16.0. The molecule has 0 fully saturated rings. The highest BCUT2D eigenvalue weighted by atomic mass is 16.2. The van der Waals surface area contributed by atoms with Crippen LogP contribution in [0.25, 0.3) is 0 Å². The molecule has 102 valence electrons. The van der Waals surface area contributed by atoms with Crippen LogP contribution in [0, 0.1) is 5.92 Å². The van der Waals surface area contributed by atoms with Gasteiger partial charge in [-0.15, -0.1) is 0 Å². The summed E-state index contributed by atoms with van der Waals surface area (Å²) in [6.07, 6.45) is 2.58. The van der Waals surface area contributed by atoms with Gasteiger partial charge in [0.2, 0.25) is 5.91 Å². The van der Waals surface area contributed by atoms with Crippen molar-refractivity contribution in [1.29, 1.82) is 0 Å². The van der Waals surface area contributed by atoms with E-state index in [4.69, 9.17) is 5.73 Å². The SMILES string of the molecule is CCN(CCCN(C)C)C(=O)CCC(C)CN. The van der Waals surface area contributed by atoms with Gasteiger partial charge < -0.3 is 15.5 Å². The Morgan fingerprint density at radius 2 is 1.94 bits per heavy atom. The number of hydrogen-bond donors (Lipinski definition) is 1. The van der Waals surface area contributed by atoms with Crippen molar-refractivity contribution in [1.82, 2.24) is 9.80 Å². The van der Waals surface area contributed by atoms with E-state index < -0.39 is 0 Å². The van der Waals surface area contributed by atoms with Gasteiger partial charge in [0.25, 0.3) is 0 Å². The van der Waals surface area contributed by atoms with Crippen LogP contribution in [-0.2, 0) is 4.79 Å². The maximum atomic E-state index is 11.9. The molecular formula is C13H29N3O. The van der Waals surface area contributed by atoms with E-state index in [0.717, 1.165) is 32.5 Å². The summed E-state index contributed by atoms with van der Waals surface area (Å²) in [5.74, 6) is 0.714. The first-order valence-corrected chi connectivity index (χ1v) is 6.63. The van der Waals surface area contributed by atoms with Gasteiger partial charge in [0, 0.05) is 19.5 Å². The summed E-state index contributed by atoms with van der Waals surface area (Å²) in [6, 6.07) is 0. The van der Waals surface area contributed by atoms with Gasteiger partial charge in [0.15, 0.2) is 0 Å². The lowest BCUT2D eigenvalue weighted by molar-refractivity contribution is -0.131. The van der Waals surface area contributed by atoms with Crippen LogP contribution >= 0.6 is 0 Å². The molecule has 1 amide bonds. The van der Waals surface area contributed by atoms with Gasteiger partial charge in [0.05, 0.1) is 0 Å². The van der Waals surface area contributed by atoms with Crippen LogP contribution < -0.4 is 5.73 Å². The van der Waals surface area contributed by atoms with Gasteiger partial charge in [-0.3, -0.25) is 4.79 Å². The van der Waals surface area contributed by atoms with E-state index in [2.05, 4.69) is 25.9 Å². The summed E-state index contributed by atoms with van der Waals surface area (Å²) in [5.41, 5.74) is 5.55. The van der Waals surface area contributed by atoms with Crippen LogP contribution in [-0.4, -0.2) is 56.0 Å². The molecule has 4 heteroatoms. The molecule has 0 aliphatic heterocycles. The third-order valence-corrected chi connectivity index (χ3v) is 3.02. The molecule has 0 aliphatic rings. The molecule has 0 rings (SSSR count). The van der Waals surface area contributed by atoms with E-state index in [1.54, 1.807) is 0 Å². The average Bonchev–Trinajstić information content (AvgIpc) is 2.30. The first kappa shape index (κ1) is 16.4. The monoisotopic (exact) mass is 243 g/mol. The minimum atomic E-state index is 0.270. The van der Waals surface area contributed by atoms with E-state index in [0.29, 0.717) is 18.9 Å². The first-order valence-electron chi connectivity index (χ1n) is 6.63. The summed E-state index contributed by atoms with van der Waals surface area (Å²) in [5, 5.41) is 0. The van der Waals surface area contributed by atoms with Crippen molar-refractivity contribution in [3.63, 3.8) is 0 Å². The second kappa shape index (κ2) is 9.42. The Kier molecular flexibility index (Phi) is 9.09. The van der Waals surface area contributed by atoms with Gasteiger partial charge in [0.1, 0.15) is 0 Å². The fourth-order valence-electron chi connectivity index (χ4n) is 1.68. The summed E-state index contributed by atoms with van der Waals surface area (Å²) >= 11 is 0. The van der Waals surface area contributed by atoms with E-state index in [9.17, 15) is 4.79 Å². The number of carbonyl (C=O) groups excluding carboxylic acids is 1. The van der Waals surface area contributed by atoms with Crippen molar-refractivity contribution in [2.24, 2.45) is 11.7 Å². The van der Waals surface area contributed by atoms with Crippen molar-refractivity contribution in [3.8, 4) is 0 Å². The zero-order chi connectivity index (χ0) is 13.3. The molecule has 0 bridgehead atoms. The summed E-state index contributed by atoms with van der Waals surface area (Å²) in [7, 11) is 4.11. The van der Waals surface area contributed by atoms with Crippen LogP contribution in [0.3, 0.4) is 0 Å². The lowest BCUT2D eigenvalue weighted by Crippen LogP contribution is -2.33. The molecule has 4 nitrogen and oxygen atoms in total. The maximum absolute atomic E-state index is 11.9. The second-order valence-corrected chi connectivity index (χ2v) is 5.01. The minimum Gasteiger partial charge on any atom is -0.343 e. The number of hydrogen-bond acceptors (Lipinski definition) is 3. The third kappa shape index (κ3) is 8.16. The molecule has 0 spiro atoms. The van der Waals surface area contributed by atoms with Crippen LogP contribution in [0.1, 0.15) is 33.1 Å². The van der Waals surface area contributed by atoms with Crippen molar-refractivity contribution in [2.45, 2.75) is 33.1 Å². The van der Waals surface area contributed by atoms with Crippen LogP contribution in [0.5, 0.6) is 0 Å². The normalized spacial score (nSPS) is 12.8. The Bertz CT molecular complexity index is 207. The fraction of sp³-hybridized carbons (Fsp3) is 0.923. The molecule has 0 saturated heterocycles. The van der Waals surface area contributed by atoms with Crippen molar-refractivity contribution >= 4 is 5.91 Å². The highest BCUT2D eigenvalue weighted by Gasteiger charge is 2.12. The predicted molar refractivity (Wildman–Crippen MR) is 72.9 cm³/mol. The summed E-state index contributed by atoms with van der Waals surface area (Å²) < 4.78 is 0. The van der Waals surface area contributed by atoms with Gasteiger partial charge in [-0.1, -0.05) is 6.92 Å². The molecular weight excluding hydrogens is 214 g/mol. The molecule has 2 N–H and O–H groups in total. The molecule has 0 heterocycles. The first-order chi connectivity index (χ1) is 8.01. The largest absolute Gasteiger partial charge is 0.343 e. The lowest BCUT2D eigenvalue weighted by atomic mass is 10.1. The molecule has 0 saturated carbocycles. The lowest BCUT2D eigenvalue weighted by Gasteiger charge is -2.22. The highest BCUT2D eigenvalue weighted by Crippen LogP contribution is 2.06. The highest BCUT2D eigenvalue weighted by molar-refractivity contribution is 5.76. The molecule has 0 aromatic rings. The van der Waals surface area contributed by atoms with Gasteiger partial charge in [-0.05, 0) is 52.9 Å². The molecule has 0 aliphatic carbocycles. The predicted octanol–water partition coefficient (Wildman–Crippen LogP) is 1.16. The van der Waals surface area contributed by atoms with E-state index in [1.165, 1.54) is 0 Å². The Hall–Kier alpha value is -0.610. The molecule has 0 aromatic carbocycles. The van der Waals surface area contributed by atoms with Crippen LogP contribution in [0.4, 0.5) is 0 Å². The fourth-order valence-corrected chi connectivity index (χ4v) is 1.68. The molecule has 17 heavy (non-hydrogen) atoms. The van der Waals surface area contributed by atoms with Crippen LogP contribution in [0.2, 0.25) is 0 Å². The van der Waals surface area contributed by atoms with Crippen molar-refractivity contribution < 1.29 is 4.79 Å². The Balaban J connectivity index is 3.87. The van der Waals surface area contributed by atoms with E-state index >= 15 is 0 Å². The molecule has 1 atom stereocenters. The quantitative estimate of drug-likeness (QED) is 0.661. The molecule has 0 aromatic heterocycles. The van der Waals surface area contributed by atoms with E-state index in [-0.39, 0.29) is 5.91 Å². The smallest absolute Gasteiger partial charge is 0.222 e. The minimum absolute atomic E-state index is 0.270. The zero-order valence-electron chi connectivity index (χ0n) is 11.9. The van der Waals surface area contributed by atoms with Gasteiger partial charge in [-0.2, -0.15) is 0 Å². The summed E-state index contributed by atoms with van der Waals surface area (Å²) in [6.45, 7) is 7.51. The van der Waals surface area contributed by atoms with Gasteiger partial charge >= 0.3 is 0 Å². The number of rotatable bonds is 9. The van der Waals surface area contributed by atoms with Crippen LogP contribution in [0.15, 0.2) is 0 Å². The van der Waals surface area contributed by atoms with Gasteiger partial charge in [-0.25, -0.2) is 0 Å². The number of amides is 1. The van der Waals surface area contributed by atoms with Crippen molar-refractivity contribution in [3.05, 3.63) is 0 Å². The molecule has 1 unspecified atom stereocenters. The zero-order valence-corrected chi connectivity index (χ0v) is 11.9. The average molecular weight is 243 g/mol. The standard InChI is InChI=1S/C13H29N3O/c1-5-16(10-6-9-15(3)4)13(17)8-7-12(2)11-14/h12H,5-11,14H2,1-4H3. The molecule has 0 radical (unpaired) electrons. The number of carbonyl (C=O) groups is 1. The second-order valence-electron chi connectivity index (χ2n) is 5.01. The Morgan fingerprint density at radius 1 is 1.29 bits per heavy atom. The maximum Gasteiger partial charge on any atom is 0.222 e. The Labute approximate surface area is 106 Å². The van der Waals surface area contributed by atoms with Crippen molar-refractivity contribution in [2.75, 3.05) is 40.3 Å². The topological polar surface area (TPSA) is 49.6 Å². The number of nitrogens with zero attached hydrogens (tertiary/aromatic N) is 2.